The topological polar surface area (TPSA) is 77.6 Å². The Morgan fingerprint density at radius 1 is 1.21 bits per heavy atom. The molecule has 0 saturated carbocycles. The molecule has 1 aromatic heterocycles. The molecule has 176 valence electrons. The highest BCUT2D eigenvalue weighted by Crippen LogP contribution is 2.36. The van der Waals surface area contributed by atoms with E-state index in [1.165, 1.54) is 34.4 Å². The lowest BCUT2D eigenvalue weighted by Gasteiger charge is -2.25. The van der Waals surface area contributed by atoms with Gasteiger partial charge in [0.05, 0.1) is 27.6 Å². The molecular formula is C21H22ClF2N5O2S2. The fraction of sp³-hybridized carbons (Fsp3) is 0.286. The minimum absolute atomic E-state index is 0.00193. The monoisotopic (exact) mass is 513 g/mol. The first-order chi connectivity index (χ1) is 15.6. The van der Waals surface area contributed by atoms with Crippen LogP contribution in [0.25, 0.3) is 0 Å². The van der Waals surface area contributed by atoms with Crippen molar-refractivity contribution in [2.24, 2.45) is 0 Å². The third-order valence-corrected chi connectivity index (χ3v) is 7.71. The standard InChI is InChI=1S/C21H22ClF2N5O2S2/c1-28(2)14-5-6-29(10-14)19-7-13(23)3-4-17(19)26-18-9-16(24)20(8-15(18)22)33(30,31)27-21-11-32-12-25-21/h3-4,7-9,11-12,14,26-27H,5-6,10H2,1-2H3/t14-/m0/s1. The molecule has 0 bridgehead atoms. The number of nitrogens with one attached hydrogen (secondary N) is 2. The molecule has 3 aromatic rings. The lowest BCUT2D eigenvalue weighted by atomic mass is 10.2. The molecule has 1 aliphatic rings. The number of rotatable bonds is 7. The Morgan fingerprint density at radius 3 is 2.67 bits per heavy atom. The summed E-state index contributed by atoms with van der Waals surface area (Å²) in [6.45, 7) is 1.45. The van der Waals surface area contributed by atoms with Crippen LogP contribution in [-0.2, 0) is 10.0 Å². The summed E-state index contributed by atoms with van der Waals surface area (Å²) in [5, 5.41) is 4.52. The molecule has 0 spiro atoms. The van der Waals surface area contributed by atoms with Gasteiger partial charge in [0, 0.05) is 30.6 Å². The molecule has 4 rings (SSSR count). The van der Waals surface area contributed by atoms with E-state index in [9.17, 15) is 17.2 Å². The van der Waals surface area contributed by atoms with Crippen LogP contribution in [-0.4, -0.2) is 51.5 Å². The number of hydrogen-bond donors (Lipinski definition) is 2. The number of aromatic nitrogens is 1. The van der Waals surface area contributed by atoms with Gasteiger partial charge in [-0.15, -0.1) is 11.3 Å². The highest BCUT2D eigenvalue weighted by Gasteiger charge is 2.27. The van der Waals surface area contributed by atoms with Gasteiger partial charge in [-0.2, -0.15) is 0 Å². The minimum Gasteiger partial charge on any atom is -0.368 e. The average molecular weight is 514 g/mol. The Kier molecular flexibility index (Phi) is 6.76. The molecule has 33 heavy (non-hydrogen) atoms. The normalized spacial score (nSPS) is 16.4. The quantitative estimate of drug-likeness (QED) is 0.474. The number of hydrogen-bond acceptors (Lipinski definition) is 7. The molecule has 1 fully saturated rings. The largest absolute Gasteiger partial charge is 0.368 e. The van der Waals surface area contributed by atoms with E-state index in [0.29, 0.717) is 24.0 Å². The van der Waals surface area contributed by atoms with Gasteiger partial charge in [-0.05, 0) is 44.8 Å². The predicted octanol–water partition coefficient (Wildman–Crippen LogP) is 4.76. The predicted molar refractivity (Wildman–Crippen MR) is 128 cm³/mol. The molecule has 0 amide bonds. The van der Waals surface area contributed by atoms with Crippen LogP contribution in [0.3, 0.4) is 0 Å². The van der Waals surface area contributed by atoms with E-state index < -0.39 is 26.6 Å². The Bertz CT molecular complexity index is 1260. The van der Waals surface area contributed by atoms with E-state index in [1.54, 1.807) is 6.07 Å². The third kappa shape index (κ3) is 5.21. The molecule has 0 unspecified atom stereocenters. The fourth-order valence-electron chi connectivity index (χ4n) is 3.69. The number of likely N-dealkylation sites (N-methyl/N-ethyl adjacent to an activating group) is 1. The number of nitrogens with zero attached hydrogens (tertiary/aromatic N) is 3. The van der Waals surface area contributed by atoms with Crippen molar-refractivity contribution in [3.63, 3.8) is 0 Å². The van der Waals surface area contributed by atoms with Gasteiger partial charge >= 0.3 is 0 Å². The van der Waals surface area contributed by atoms with Crippen molar-refractivity contribution in [1.82, 2.24) is 9.88 Å². The summed E-state index contributed by atoms with van der Waals surface area (Å²) in [5.74, 6) is -1.28. The SMILES string of the molecule is CN(C)[C@H]1CCN(c2cc(F)ccc2Nc2cc(F)c(S(=O)(=O)Nc3cscn3)cc2Cl)C1. The number of anilines is 4. The first kappa shape index (κ1) is 23.7. The molecular weight excluding hydrogens is 492 g/mol. The minimum atomic E-state index is -4.22. The van der Waals surface area contributed by atoms with Gasteiger partial charge in [0.2, 0.25) is 0 Å². The molecule has 2 heterocycles. The van der Waals surface area contributed by atoms with Crippen molar-refractivity contribution in [3.8, 4) is 0 Å². The lowest BCUT2D eigenvalue weighted by Crippen LogP contribution is -2.31. The molecule has 1 aliphatic heterocycles. The summed E-state index contributed by atoms with van der Waals surface area (Å²) in [5.41, 5.74) is 2.78. The fourth-order valence-corrected chi connectivity index (χ4v) is 5.60. The van der Waals surface area contributed by atoms with Crippen LogP contribution in [0, 0.1) is 11.6 Å². The van der Waals surface area contributed by atoms with Crippen LogP contribution in [0.2, 0.25) is 5.02 Å². The first-order valence-electron chi connectivity index (χ1n) is 10.0. The number of thiazole rings is 1. The van der Waals surface area contributed by atoms with E-state index in [0.717, 1.165) is 25.1 Å². The highest BCUT2D eigenvalue weighted by atomic mass is 35.5. The molecule has 7 nitrogen and oxygen atoms in total. The second-order valence-electron chi connectivity index (χ2n) is 7.88. The highest BCUT2D eigenvalue weighted by molar-refractivity contribution is 7.92. The number of halogens is 3. The zero-order chi connectivity index (χ0) is 23.8. The van der Waals surface area contributed by atoms with Crippen molar-refractivity contribution in [1.29, 1.82) is 0 Å². The van der Waals surface area contributed by atoms with Gasteiger partial charge in [-0.25, -0.2) is 22.2 Å². The van der Waals surface area contributed by atoms with Gasteiger partial charge in [0.1, 0.15) is 16.5 Å². The zero-order valence-electron chi connectivity index (χ0n) is 17.8. The van der Waals surface area contributed by atoms with Crippen molar-refractivity contribution in [3.05, 3.63) is 57.9 Å². The molecule has 1 atom stereocenters. The van der Waals surface area contributed by atoms with Gasteiger partial charge in [-0.1, -0.05) is 11.6 Å². The van der Waals surface area contributed by atoms with Crippen molar-refractivity contribution < 1.29 is 17.2 Å². The van der Waals surface area contributed by atoms with E-state index in [4.69, 9.17) is 11.6 Å². The smallest absolute Gasteiger partial charge is 0.266 e. The Hall–Kier alpha value is -2.47. The number of benzene rings is 2. The average Bonchev–Trinajstić information content (AvgIpc) is 3.43. The van der Waals surface area contributed by atoms with E-state index in [1.807, 2.05) is 14.1 Å². The van der Waals surface area contributed by atoms with E-state index in [-0.39, 0.29) is 16.5 Å². The first-order valence-corrected chi connectivity index (χ1v) is 12.8. The van der Waals surface area contributed by atoms with Crippen LogP contribution in [0.4, 0.5) is 31.7 Å². The van der Waals surface area contributed by atoms with Crippen LogP contribution in [0.5, 0.6) is 0 Å². The van der Waals surface area contributed by atoms with Crippen molar-refractivity contribution >= 4 is 55.8 Å². The van der Waals surface area contributed by atoms with Gasteiger partial charge in [-0.3, -0.25) is 4.72 Å². The Morgan fingerprint density at radius 2 is 2.00 bits per heavy atom. The van der Waals surface area contributed by atoms with Crippen LogP contribution >= 0.6 is 22.9 Å². The molecule has 0 radical (unpaired) electrons. The Labute approximate surface area is 200 Å². The summed E-state index contributed by atoms with van der Waals surface area (Å²) >= 11 is 7.52. The van der Waals surface area contributed by atoms with Gasteiger partial charge in [0.25, 0.3) is 10.0 Å². The second kappa shape index (κ2) is 9.41. The van der Waals surface area contributed by atoms with Gasteiger partial charge < -0.3 is 15.1 Å². The summed E-state index contributed by atoms with van der Waals surface area (Å²) < 4.78 is 56.3. The molecule has 0 aliphatic carbocycles. The van der Waals surface area contributed by atoms with E-state index in [2.05, 4.69) is 24.8 Å². The lowest BCUT2D eigenvalue weighted by molar-refractivity contribution is 0.315. The van der Waals surface area contributed by atoms with Crippen LogP contribution in [0.1, 0.15) is 6.42 Å². The summed E-state index contributed by atoms with van der Waals surface area (Å²) in [7, 11) is -0.222. The van der Waals surface area contributed by atoms with Gasteiger partial charge in [0.15, 0.2) is 5.82 Å². The zero-order valence-corrected chi connectivity index (χ0v) is 20.2. The van der Waals surface area contributed by atoms with Crippen molar-refractivity contribution in [2.75, 3.05) is 42.1 Å². The molecule has 12 heteroatoms. The van der Waals surface area contributed by atoms with Crippen molar-refractivity contribution in [2.45, 2.75) is 17.4 Å². The molecule has 1 saturated heterocycles. The second-order valence-corrected chi connectivity index (χ2v) is 10.7. The molecule has 2 N–H and O–H groups in total. The maximum atomic E-state index is 14.9. The Balaban J connectivity index is 1.62. The molecule has 2 aromatic carbocycles. The van der Waals surface area contributed by atoms with Crippen LogP contribution in [0.15, 0.2) is 46.1 Å². The summed E-state index contributed by atoms with van der Waals surface area (Å²) in [6.07, 6.45) is 0.927. The third-order valence-electron chi connectivity index (χ3n) is 5.45. The number of sulfonamides is 1. The summed E-state index contributed by atoms with van der Waals surface area (Å²) in [4.78, 5) is 7.42. The van der Waals surface area contributed by atoms with E-state index >= 15 is 0 Å². The maximum absolute atomic E-state index is 14.9. The van der Waals surface area contributed by atoms with Crippen LogP contribution < -0.4 is 14.9 Å². The summed E-state index contributed by atoms with van der Waals surface area (Å²) in [6, 6.07) is 6.65. The maximum Gasteiger partial charge on any atom is 0.266 e.